The largest absolute Gasteiger partial charge is 0.392 e. The number of likely N-dealkylation sites (N-methyl/N-ethyl adjacent to an activating group) is 1. The van der Waals surface area contributed by atoms with Gasteiger partial charge in [-0.3, -0.25) is 4.79 Å². The van der Waals surface area contributed by atoms with E-state index in [1.807, 2.05) is 0 Å². The third kappa shape index (κ3) is 3.57. The number of rotatable bonds is 4. The van der Waals surface area contributed by atoms with Crippen molar-refractivity contribution < 1.29 is 9.90 Å². The lowest BCUT2D eigenvalue weighted by atomic mass is 9.63. The molecule has 27 heavy (non-hydrogen) atoms. The van der Waals surface area contributed by atoms with Crippen LogP contribution in [-0.2, 0) is 4.79 Å². The van der Waals surface area contributed by atoms with Crippen molar-refractivity contribution in [2.45, 2.75) is 49.0 Å². The number of amides is 1. The molecular weight excluding hydrogens is 356 g/mol. The molecule has 0 spiro atoms. The van der Waals surface area contributed by atoms with Crippen molar-refractivity contribution in [3.63, 3.8) is 0 Å². The van der Waals surface area contributed by atoms with Gasteiger partial charge in [0.25, 0.3) is 0 Å². The van der Waals surface area contributed by atoms with Crippen LogP contribution in [0.3, 0.4) is 0 Å². The van der Waals surface area contributed by atoms with Gasteiger partial charge in [0.15, 0.2) is 0 Å². The van der Waals surface area contributed by atoms with E-state index in [9.17, 15) is 9.90 Å². The molecule has 146 valence electrons. The van der Waals surface area contributed by atoms with Gasteiger partial charge in [0.2, 0.25) is 5.91 Å². The minimum atomic E-state index is -0.342. The maximum absolute atomic E-state index is 12.4. The summed E-state index contributed by atoms with van der Waals surface area (Å²) in [5, 5.41) is 16.2. The number of benzene rings is 1. The van der Waals surface area contributed by atoms with Crippen LogP contribution in [0, 0.1) is 11.8 Å². The SMILES string of the molecule is C[C@H](CN(C)C)c1ccc(C2C(O)CCC3NC(=O)C4SC=CC4C32)cc1. The lowest BCUT2D eigenvalue weighted by Gasteiger charge is -2.48. The summed E-state index contributed by atoms with van der Waals surface area (Å²) < 4.78 is 0. The standard InChI is InChI=1S/C22H30N2O2S/c1-13(12-24(2)3)14-4-6-15(7-5-14)19-18(25)9-8-17-20(19)16-10-11-27-21(16)22(26)23-17/h4-7,10-11,13,16-21,25H,8-9,12H2,1-3H3,(H,23,26)/t13-,16?,17?,18?,19?,20?,21?/m1/s1. The van der Waals surface area contributed by atoms with Crippen LogP contribution in [0.1, 0.15) is 42.7 Å². The fourth-order valence-electron chi connectivity index (χ4n) is 5.29. The zero-order valence-corrected chi connectivity index (χ0v) is 17.2. The molecule has 0 radical (unpaired) electrons. The highest BCUT2D eigenvalue weighted by atomic mass is 32.2. The van der Waals surface area contributed by atoms with Gasteiger partial charge < -0.3 is 15.3 Å². The molecule has 6 unspecified atom stereocenters. The number of aliphatic hydroxyl groups excluding tert-OH is 1. The molecule has 1 aromatic carbocycles. The summed E-state index contributed by atoms with van der Waals surface area (Å²) in [7, 11) is 4.20. The lowest BCUT2D eigenvalue weighted by Crippen LogP contribution is -2.59. The van der Waals surface area contributed by atoms with Gasteiger partial charge in [-0.25, -0.2) is 0 Å². The first kappa shape index (κ1) is 19.0. The Morgan fingerprint density at radius 2 is 2.00 bits per heavy atom. The number of thioether (sulfide) groups is 1. The molecule has 4 rings (SSSR count). The molecule has 1 aliphatic carbocycles. The predicted octanol–water partition coefficient (Wildman–Crippen LogP) is 2.95. The van der Waals surface area contributed by atoms with Crippen molar-refractivity contribution in [1.82, 2.24) is 10.2 Å². The Bertz CT molecular complexity index is 718. The molecule has 1 saturated heterocycles. The average molecular weight is 387 g/mol. The molecule has 5 heteroatoms. The highest BCUT2D eigenvalue weighted by Gasteiger charge is 2.51. The highest BCUT2D eigenvalue weighted by molar-refractivity contribution is 8.03. The van der Waals surface area contributed by atoms with Crippen molar-refractivity contribution in [2.75, 3.05) is 20.6 Å². The van der Waals surface area contributed by atoms with Crippen molar-refractivity contribution in [1.29, 1.82) is 0 Å². The van der Waals surface area contributed by atoms with E-state index >= 15 is 0 Å². The monoisotopic (exact) mass is 386 g/mol. The Labute approximate surface area is 166 Å². The summed E-state index contributed by atoms with van der Waals surface area (Å²) in [5.74, 6) is 1.22. The van der Waals surface area contributed by atoms with Gasteiger partial charge in [-0.05, 0) is 55.3 Å². The average Bonchev–Trinajstić information content (AvgIpc) is 3.12. The number of allylic oxidation sites excluding steroid dienone is 1. The Hall–Kier alpha value is -1.30. The van der Waals surface area contributed by atoms with Crippen molar-refractivity contribution in [3.05, 3.63) is 46.9 Å². The van der Waals surface area contributed by atoms with E-state index in [-0.39, 0.29) is 41.1 Å². The minimum absolute atomic E-state index is 0.0292. The summed E-state index contributed by atoms with van der Waals surface area (Å²) in [4.78, 5) is 14.6. The van der Waals surface area contributed by atoms with Crippen molar-refractivity contribution in [2.24, 2.45) is 11.8 Å². The molecule has 3 aliphatic rings. The molecular formula is C22H30N2O2S. The van der Waals surface area contributed by atoms with Crippen LogP contribution < -0.4 is 5.32 Å². The first-order chi connectivity index (χ1) is 13.0. The van der Waals surface area contributed by atoms with E-state index in [2.05, 4.69) is 67.0 Å². The molecule has 1 aromatic rings. The number of piperidine rings is 1. The first-order valence-corrected chi connectivity index (χ1v) is 10.9. The van der Waals surface area contributed by atoms with Crippen LogP contribution in [0.4, 0.5) is 0 Å². The third-order valence-corrected chi connectivity index (χ3v) is 7.64. The van der Waals surface area contributed by atoms with Crippen LogP contribution in [0.2, 0.25) is 0 Å². The smallest absolute Gasteiger partial charge is 0.234 e. The van der Waals surface area contributed by atoms with Crippen LogP contribution in [0.5, 0.6) is 0 Å². The topological polar surface area (TPSA) is 52.6 Å². The van der Waals surface area contributed by atoms with E-state index in [0.29, 0.717) is 5.92 Å². The summed E-state index contributed by atoms with van der Waals surface area (Å²) in [6, 6.07) is 9.02. The fourth-order valence-corrected chi connectivity index (χ4v) is 6.38. The third-order valence-electron chi connectivity index (χ3n) is 6.50. The maximum atomic E-state index is 12.4. The van der Waals surface area contributed by atoms with E-state index in [0.717, 1.165) is 19.4 Å². The number of aliphatic hydroxyl groups is 1. The van der Waals surface area contributed by atoms with Gasteiger partial charge in [-0.2, -0.15) is 0 Å². The summed E-state index contributed by atoms with van der Waals surface area (Å²) in [5.41, 5.74) is 2.54. The van der Waals surface area contributed by atoms with Crippen molar-refractivity contribution >= 4 is 17.7 Å². The van der Waals surface area contributed by atoms with Crippen LogP contribution in [0.25, 0.3) is 0 Å². The van der Waals surface area contributed by atoms with Crippen LogP contribution in [0.15, 0.2) is 35.7 Å². The van der Waals surface area contributed by atoms with E-state index < -0.39 is 0 Å². The zero-order chi connectivity index (χ0) is 19.1. The summed E-state index contributed by atoms with van der Waals surface area (Å²) >= 11 is 1.62. The van der Waals surface area contributed by atoms with E-state index in [4.69, 9.17) is 0 Å². The molecule has 2 heterocycles. The second-order valence-electron chi connectivity index (χ2n) is 8.66. The second kappa shape index (κ2) is 7.61. The van der Waals surface area contributed by atoms with E-state index in [1.54, 1.807) is 11.8 Å². The molecule has 2 N–H and O–H groups in total. The molecule has 1 saturated carbocycles. The Morgan fingerprint density at radius 1 is 1.26 bits per heavy atom. The van der Waals surface area contributed by atoms with Crippen molar-refractivity contribution in [3.8, 4) is 0 Å². The molecule has 0 aromatic heterocycles. The molecule has 7 atom stereocenters. The number of hydrogen-bond donors (Lipinski definition) is 2. The lowest BCUT2D eigenvalue weighted by molar-refractivity contribution is -0.126. The van der Waals surface area contributed by atoms with Gasteiger partial charge in [0.05, 0.1) is 11.4 Å². The second-order valence-corrected chi connectivity index (χ2v) is 9.71. The Kier molecular flexibility index (Phi) is 5.36. The molecule has 4 nitrogen and oxygen atoms in total. The van der Waals surface area contributed by atoms with Gasteiger partial charge in [-0.1, -0.05) is 37.3 Å². The maximum Gasteiger partial charge on any atom is 0.234 e. The summed E-state index contributed by atoms with van der Waals surface area (Å²) in [6.45, 7) is 3.27. The van der Waals surface area contributed by atoms with Crippen LogP contribution in [-0.4, -0.2) is 53.9 Å². The Morgan fingerprint density at radius 3 is 2.70 bits per heavy atom. The highest BCUT2D eigenvalue weighted by Crippen LogP contribution is 2.50. The van der Waals surface area contributed by atoms with E-state index in [1.165, 1.54) is 11.1 Å². The van der Waals surface area contributed by atoms with Crippen LogP contribution >= 0.6 is 11.8 Å². The number of carbonyl (C=O) groups excluding carboxylic acids is 1. The first-order valence-electron chi connectivity index (χ1n) is 10.0. The quantitative estimate of drug-likeness (QED) is 0.835. The number of nitrogens with zero attached hydrogens (tertiary/aromatic N) is 1. The number of fused-ring (bicyclic) bond motifs is 3. The number of hydrogen-bond acceptors (Lipinski definition) is 4. The zero-order valence-electron chi connectivity index (χ0n) is 16.3. The predicted molar refractivity (Wildman–Crippen MR) is 111 cm³/mol. The minimum Gasteiger partial charge on any atom is -0.392 e. The van der Waals surface area contributed by atoms with Gasteiger partial charge >= 0.3 is 0 Å². The van der Waals surface area contributed by atoms with Gasteiger partial charge in [0.1, 0.15) is 0 Å². The summed E-state index contributed by atoms with van der Waals surface area (Å²) in [6.07, 6.45) is 3.47. The fraction of sp³-hybridized carbons (Fsp3) is 0.591. The van der Waals surface area contributed by atoms with Gasteiger partial charge in [-0.15, -0.1) is 11.8 Å². The normalized spacial score (nSPS) is 36.3. The number of carbonyl (C=O) groups is 1. The Balaban J connectivity index is 1.61. The molecule has 2 fully saturated rings. The number of nitrogens with one attached hydrogen (secondary N) is 1. The molecule has 2 aliphatic heterocycles. The molecule has 1 amide bonds. The molecule has 0 bridgehead atoms. The van der Waals surface area contributed by atoms with Gasteiger partial charge in [0, 0.05) is 24.4 Å².